The van der Waals surface area contributed by atoms with Gasteiger partial charge in [-0.2, -0.15) is 0 Å². The number of carbonyl (C=O) groups is 2. The molecule has 0 heterocycles. The van der Waals surface area contributed by atoms with Crippen molar-refractivity contribution in [3.8, 4) is 0 Å². The average Bonchev–Trinajstić information content (AvgIpc) is 2.37. The van der Waals surface area contributed by atoms with Gasteiger partial charge >= 0.3 is 5.97 Å². The van der Waals surface area contributed by atoms with E-state index in [1.54, 1.807) is 0 Å². The zero-order chi connectivity index (χ0) is 15.0. The van der Waals surface area contributed by atoms with E-state index < -0.39 is 5.97 Å². The summed E-state index contributed by atoms with van der Waals surface area (Å²) in [6.07, 6.45) is 8.57. The molecule has 0 aromatic heterocycles. The Morgan fingerprint density at radius 1 is 1.15 bits per heavy atom. The van der Waals surface area contributed by atoms with Gasteiger partial charge in [0.15, 0.2) is 0 Å². The smallest absolute Gasteiger partial charge is 0.303 e. The van der Waals surface area contributed by atoms with Crippen molar-refractivity contribution >= 4 is 11.9 Å². The van der Waals surface area contributed by atoms with Crippen molar-refractivity contribution in [3.05, 3.63) is 0 Å². The lowest BCUT2D eigenvalue weighted by Crippen LogP contribution is -2.30. The first-order chi connectivity index (χ1) is 9.39. The third-order valence-electron chi connectivity index (χ3n) is 4.34. The van der Waals surface area contributed by atoms with E-state index in [1.165, 1.54) is 32.1 Å². The zero-order valence-electron chi connectivity index (χ0n) is 12.9. The number of rotatable bonds is 8. The summed E-state index contributed by atoms with van der Waals surface area (Å²) >= 11 is 0. The second-order valence-electron chi connectivity index (χ2n) is 6.87. The van der Waals surface area contributed by atoms with Crippen molar-refractivity contribution in [2.45, 2.75) is 71.6 Å². The van der Waals surface area contributed by atoms with Crippen LogP contribution >= 0.6 is 0 Å². The summed E-state index contributed by atoms with van der Waals surface area (Å²) in [5.74, 6) is -0.0193. The van der Waals surface area contributed by atoms with Crippen molar-refractivity contribution in [1.82, 2.24) is 5.32 Å². The molecule has 1 fully saturated rings. The van der Waals surface area contributed by atoms with E-state index in [-0.39, 0.29) is 17.7 Å². The molecule has 4 heteroatoms. The third kappa shape index (κ3) is 7.51. The predicted octanol–water partition coefficient (Wildman–Crippen LogP) is 3.35. The fourth-order valence-electron chi connectivity index (χ4n) is 2.84. The Labute approximate surface area is 122 Å². The summed E-state index contributed by atoms with van der Waals surface area (Å²) in [5.41, 5.74) is -0.0312. The highest BCUT2D eigenvalue weighted by molar-refractivity contribution is 5.76. The van der Waals surface area contributed by atoms with E-state index in [0.29, 0.717) is 25.3 Å². The Morgan fingerprint density at radius 2 is 1.80 bits per heavy atom. The van der Waals surface area contributed by atoms with Gasteiger partial charge in [0.05, 0.1) is 0 Å². The van der Waals surface area contributed by atoms with Gasteiger partial charge in [-0.3, -0.25) is 9.59 Å². The Morgan fingerprint density at radius 3 is 2.40 bits per heavy atom. The van der Waals surface area contributed by atoms with Crippen molar-refractivity contribution in [2.75, 3.05) is 6.54 Å². The number of carboxylic acid groups (broad SMARTS) is 1. The van der Waals surface area contributed by atoms with Crippen molar-refractivity contribution in [3.63, 3.8) is 0 Å². The minimum atomic E-state index is -0.751. The Bertz CT molecular complexity index is 320. The van der Waals surface area contributed by atoms with E-state index in [1.807, 2.05) is 0 Å². The van der Waals surface area contributed by atoms with Crippen LogP contribution in [0, 0.1) is 11.3 Å². The maximum atomic E-state index is 11.9. The third-order valence-corrected chi connectivity index (χ3v) is 4.34. The molecule has 0 aliphatic heterocycles. The molecule has 1 aliphatic rings. The first kappa shape index (κ1) is 17.0. The van der Waals surface area contributed by atoms with Crippen LogP contribution in [0.25, 0.3) is 0 Å². The maximum absolute atomic E-state index is 11.9. The predicted molar refractivity (Wildman–Crippen MR) is 79.5 cm³/mol. The van der Waals surface area contributed by atoms with E-state index in [2.05, 4.69) is 19.2 Å². The van der Waals surface area contributed by atoms with Crippen LogP contribution in [0.15, 0.2) is 0 Å². The summed E-state index contributed by atoms with van der Waals surface area (Å²) in [5, 5.41) is 11.7. The summed E-state index contributed by atoms with van der Waals surface area (Å²) in [4.78, 5) is 22.4. The van der Waals surface area contributed by atoms with Crippen LogP contribution in [0.1, 0.15) is 71.6 Å². The van der Waals surface area contributed by atoms with Gasteiger partial charge in [-0.25, -0.2) is 0 Å². The molecule has 1 aliphatic carbocycles. The van der Waals surface area contributed by atoms with Gasteiger partial charge in [0.25, 0.3) is 0 Å². The van der Waals surface area contributed by atoms with Gasteiger partial charge in [-0.15, -0.1) is 0 Å². The second-order valence-corrected chi connectivity index (χ2v) is 6.87. The normalized spacial score (nSPS) is 16.9. The molecule has 0 radical (unpaired) electrons. The molecule has 20 heavy (non-hydrogen) atoms. The van der Waals surface area contributed by atoms with Crippen LogP contribution in [0.2, 0.25) is 0 Å². The number of nitrogens with one attached hydrogen (secondary N) is 1. The van der Waals surface area contributed by atoms with E-state index in [9.17, 15) is 9.59 Å². The topological polar surface area (TPSA) is 66.4 Å². The molecule has 1 amide bonds. The van der Waals surface area contributed by atoms with E-state index in [4.69, 9.17) is 5.11 Å². The molecule has 2 N–H and O–H groups in total. The highest BCUT2D eigenvalue weighted by Gasteiger charge is 2.20. The molecule has 0 aromatic carbocycles. The van der Waals surface area contributed by atoms with Crippen LogP contribution in [0.5, 0.6) is 0 Å². The monoisotopic (exact) mass is 283 g/mol. The Hall–Kier alpha value is -1.06. The second kappa shape index (κ2) is 8.28. The van der Waals surface area contributed by atoms with Crippen LogP contribution in [0.4, 0.5) is 0 Å². The summed E-state index contributed by atoms with van der Waals surface area (Å²) in [6, 6.07) is 0. The summed E-state index contributed by atoms with van der Waals surface area (Å²) < 4.78 is 0. The van der Waals surface area contributed by atoms with Crippen molar-refractivity contribution in [1.29, 1.82) is 0 Å². The maximum Gasteiger partial charge on any atom is 0.303 e. The van der Waals surface area contributed by atoms with Gasteiger partial charge in [0.1, 0.15) is 0 Å². The van der Waals surface area contributed by atoms with Crippen LogP contribution in [0.3, 0.4) is 0 Å². The van der Waals surface area contributed by atoms with Gasteiger partial charge < -0.3 is 10.4 Å². The molecule has 0 unspecified atom stereocenters. The highest BCUT2D eigenvalue weighted by atomic mass is 16.4. The lowest BCUT2D eigenvalue weighted by Gasteiger charge is -2.24. The zero-order valence-corrected chi connectivity index (χ0v) is 12.9. The fraction of sp³-hybridized carbons (Fsp3) is 0.875. The SMILES string of the molecule is CC(C)(CCNC(=O)CC1CCCCC1)CCC(=O)O. The molecule has 116 valence electrons. The lowest BCUT2D eigenvalue weighted by atomic mass is 9.84. The number of amides is 1. The minimum absolute atomic E-state index is 0.0312. The van der Waals surface area contributed by atoms with Gasteiger partial charge in [0, 0.05) is 19.4 Å². The quantitative estimate of drug-likeness (QED) is 0.718. The Kier molecular flexibility index (Phi) is 7.03. The number of carbonyl (C=O) groups excluding carboxylic acids is 1. The standard InChI is InChI=1S/C16H29NO3/c1-16(2,9-8-15(19)20)10-11-17-14(18)12-13-6-4-3-5-7-13/h13H,3-12H2,1-2H3,(H,17,18)(H,19,20). The van der Waals surface area contributed by atoms with Crippen LogP contribution < -0.4 is 5.32 Å². The summed E-state index contributed by atoms with van der Waals surface area (Å²) in [6.45, 7) is 4.77. The molecular formula is C16H29NO3. The largest absolute Gasteiger partial charge is 0.481 e. The van der Waals surface area contributed by atoms with Crippen LogP contribution in [-0.4, -0.2) is 23.5 Å². The molecule has 0 saturated heterocycles. The molecule has 0 aromatic rings. The minimum Gasteiger partial charge on any atom is -0.481 e. The molecule has 0 bridgehead atoms. The molecule has 0 spiro atoms. The molecular weight excluding hydrogens is 254 g/mol. The van der Waals surface area contributed by atoms with E-state index >= 15 is 0 Å². The van der Waals surface area contributed by atoms with Crippen LogP contribution in [-0.2, 0) is 9.59 Å². The number of carboxylic acids is 1. The van der Waals surface area contributed by atoms with Crippen molar-refractivity contribution in [2.24, 2.45) is 11.3 Å². The van der Waals surface area contributed by atoms with Gasteiger partial charge in [0.2, 0.25) is 5.91 Å². The fourth-order valence-corrected chi connectivity index (χ4v) is 2.84. The number of aliphatic carboxylic acids is 1. The summed E-state index contributed by atoms with van der Waals surface area (Å²) in [7, 11) is 0. The average molecular weight is 283 g/mol. The first-order valence-corrected chi connectivity index (χ1v) is 7.87. The molecule has 1 saturated carbocycles. The van der Waals surface area contributed by atoms with Gasteiger partial charge in [-0.1, -0.05) is 33.1 Å². The lowest BCUT2D eigenvalue weighted by molar-refractivity contribution is -0.137. The molecule has 0 atom stereocenters. The molecule has 4 nitrogen and oxygen atoms in total. The van der Waals surface area contributed by atoms with Crippen molar-refractivity contribution < 1.29 is 14.7 Å². The highest BCUT2D eigenvalue weighted by Crippen LogP contribution is 2.27. The first-order valence-electron chi connectivity index (χ1n) is 7.87. The number of hydrogen-bond donors (Lipinski definition) is 2. The van der Waals surface area contributed by atoms with Gasteiger partial charge in [-0.05, 0) is 37.0 Å². The number of hydrogen-bond acceptors (Lipinski definition) is 2. The molecule has 1 rings (SSSR count). The van der Waals surface area contributed by atoms with E-state index in [0.717, 1.165) is 6.42 Å². The Balaban J connectivity index is 2.15.